The Morgan fingerprint density at radius 3 is 2.63 bits per heavy atom. The Kier molecular flexibility index (Phi) is 3.01. The lowest BCUT2D eigenvalue weighted by Crippen LogP contribution is -2.12. The van der Waals surface area contributed by atoms with E-state index >= 15 is 0 Å². The van der Waals surface area contributed by atoms with E-state index in [-0.39, 0.29) is 5.92 Å². The van der Waals surface area contributed by atoms with Gasteiger partial charge < -0.3 is 4.90 Å². The molecular formula is C18H17N. The van der Waals surface area contributed by atoms with E-state index in [2.05, 4.69) is 48.2 Å². The van der Waals surface area contributed by atoms with E-state index in [4.69, 9.17) is 6.42 Å². The number of hydrogen-bond acceptors (Lipinski definition) is 1. The van der Waals surface area contributed by atoms with Crippen molar-refractivity contribution in [2.45, 2.75) is 12.3 Å². The Hall–Kier alpha value is -2.20. The van der Waals surface area contributed by atoms with Gasteiger partial charge in [-0.15, -0.1) is 6.42 Å². The highest BCUT2D eigenvalue weighted by molar-refractivity contribution is 5.60. The molecule has 1 heterocycles. The molecule has 0 aromatic heterocycles. The predicted octanol–water partition coefficient (Wildman–Crippen LogP) is 3.44. The van der Waals surface area contributed by atoms with Crippen molar-refractivity contribution < 1.29 is 0 Å². The Morgan fingerprint density at radius 1 is 1.11 bits per heavy atom. The summed E-state index contributed by atoms with van der Waals surface area (Å²) in [7, 11) is 2.14. The molecule has 0 saturated carbocycles. The second kappa shape index (κ2) is 4.82. The first-order valence-electron chi connectivity index (χ1n) is 6.64. The summed E-state index contributed by atoms with van der Waals surface area (Å²) in [6.07, 6.45) is 6.87. The van der Waals surface area contributed by atoms with Gasteiger partial charge in [-0.2, -0.15) is 0 Å². The molecule has 1 aliphatic heterocycles. The first kappa shape index (κ1) is 11.9. The summed E-state index contributed by atoms with van der Waals surface area (Å²) in [5, 5.41) is 0. The van der Waals surface area contributed by atoms with Crippen LogP contribution in [0.25, 0.3) is 0 Å². The SMILES string of the molecule is C#CC(c1ccccc1)c1ccc2c(c1)CCN2C. The number of hydrogen-bond donors (Lipinski definition) is 0. The van der Waals surface area contributed by atoms with Gasteiger partial charge in [0.25, 0.3) is 0 Å². The minimum atomic E-state index is 0.0532. The fraction of sp³-hybridized carbons (Fsp3) is 0.222. The average Bonchev–Trinajstić information content (AvgIpc) is 2.82. The monoisotopic (exact) mass is 247 g/mol. The van der Waals surface area contributed by atoms with Gasteiger partial charge in [-0.25, -0.2) is 0 Å². The summed E-state index contributed by atoms with van der Waals surface area (Å²) in [5.74, 6) is 2.98. The first-order valence-corrected chi connectivity index (χ1v) is 6.64. The van der Waals surface area contributed by atoms with Gasteiger partial charge in [0.2, 0.25) is 0 Å². The summed E-state index contributed by atoms with van der Waals surface area (Å²) in [6.45, 7) is 1.10. The van der Waals surface area contributed by atoms with Crippen molar-refractivity contribution in [1.29, 1.82) is 0 Å². The first-order chi connectivity index (χ1) is 9.29. The van der Waals surface area contributed by atoms with E-state index in [0.717, 1.165) is 13.0 Å². The van der Waals surface area contributed by atoms with Crippen LogP contribution in [0.2, 0.25) is 0 Å². The summed E-state index contributed by atoms with van der Waals surface area (Å²) in [6, 6.07) is 16.9. The minimum Gasteiger partial charge on any atom is -0.374 e. The molecular weight excluding hydrogens is 230 g/mol. The highest BCUT2D eigenvalue weighted by atomic mass is 15.1. The number of rotatable bonds is 2. The average molecular weight is 247 g/mol. The van der Waals surface area contributed by atoms with Gasteiger partial charge in [0.1, 0.15) is 0 Å². The van der Waals surface area contributed by atoms with Crippen LogP contribution in [0, 0.1) is 12.3 Å². The van der Waals surface area contributed by atoms with Crippen LogP contribution in [0.3, 0.4) is 0 Å². The fourth-order valence-electron chi connectivity index (χ4n) is 2.80. The van der Waals surface area contributed by atoms with Crippen molar-refractivity contribution in [2.24, 2.45) is 0 Å². The van der Waals surface area contributed by atoms with Crippen LogP contribution >= 0.6 is 0 Å². The van der Waals surface area contributed by atoms with E-state index in [1.54, 1.807) is 0 Å². The number of likely N-dealkylation sites (N-methyl/N-ethyl adjacent to an activating group) is 1. The molecule has 0 saturated heterocycles. The topological polar surface area (TPSA) is 3.24 Å². The largest absolute Gasteiger partial charge is 0.374 e. The lowest BCUT2D eigenvalue weighted by Gasteiger charge is -2.15. The van der Waals surface area contributed by atoms with Crippen LogP contribution in [-0.4, -0.2) is 13.6 Å². The van der Waals surface area contributed by atoms with Crippen LogP contribution in [0.15, 0.2) is 48.5 Å². The summed E-state index contributed by atoms with van der Waals surface area (Å²) in [4.78, 5) is 2.30. The minimum absolute atomic E-state index is 0.0532. The Morgan fingerprint density at radius 2 is 1.89 bits per heavy atom. The summed E-state index contributed by atoms with van der Waals surface area (Å²) >= 11 is 0. The molecule has 0 N–H and O–H groups in total. The van der Waals surface area contributed by atoms with Crippen molar-refractivity contribution in [3.05, 3.63) is 65.2 Å². The van der Waals surface area contributed by atoms with Gasteiger partial charge >= 0.3 is 0 Å². The molecule has 1 aliphatic rings. The predicted molar refractivity (Wildman–Crippen MR) is 80.5 cm³/mol. The van der Waals surface area contributed by atoms with E-state index in [0.29, 0.717) is 0 Å². The molecule has 0 spiro atoms. The third kappa shape index (κ3) is 2.11. The maximum absolute atomic E-state index is 5.75. The normalized spacial score (nSPS) is 14.8. The third-order valence-corrected chi connectivity index (χ3v) is 3.86. The second-order valence-corrected chi connectivity index (χ2v) is 5.07. The molecule has 0 radical (unpaired) electrons. The Balaban J connectivity index is 2.00. The third-order valence-electron chi connectivity index (χ3n) is 3.86. The number of anilines is 1. The van der Waals surface area contributed by atoms with Gasteiger partial charge in [-0.1, -0.05) is 48.4 Å². The van der Waals surface area contributed by atoms with Crippen molar-refractivity contribution in [2.75, 3.05) is 18.5 Å². The molecule has 1 unspecified atom stereocenters. The van der Waals surface area contributed by atoms with E-state index in [1.165, 1.54) is 22.4 Å². The highest BCUT2D eigenvalue weighted by Gasteiger charge is 2.18. The van der Waals surface area contributed by atoms with Crippen LogP contribution in [0.5, 0.6) is 0 Å². The van der Waals surface area contributed by atoms with E-state index < -0.39 is 0 Å². The van der Waals surface area contributed by atoms with Gasteiger partial charge in [-0.05, 0) is 29.2 Å². The Labute approximate surface area is 114 Å². The van der Waals surface area contributed by atoms with Crippen LogP contribution in [0.1, 0.15) is 22.6 Å². The smallest absolute Gasteiger partial charge is 0.0699 e. The second-order valence-electron chi connectivity index (χ2n) is 5.07. The summed E-state index contributed by atoms with van der Waals surface area (Å²) < 4.78 is 0. The van der Waals surface area contributed by atoms with Crippen molar-refractivity contribution in [1.82, 2.24) is 0 Å². The number of benzene rings is 2. The fourth-order valence-corrected chi connectivity index (χ4v) is 2.80. The molecule has 2 aromatic rings. The van der Waals surface area contributed by atoms with Crippen LogP contribution in [-0.2, 0) is 6.42 Å². The molecule has 0 bridgehead atoms. The maximum Gasteiger partial charge on any atom is 0.0699 e. The molecule has 1 nitrogen and oxygen atoms in total. The molecule has 0 aliphatic carbocycles. The van der Waals surface area contributed by atoms with Crippen molar-refractivity contribution in [3.63, 3.8) is 0 Å². The molecule has 1 atom stereocenters. The lowest BCUT2D eigenvalue weighted by atomic mass is 9.90. The molecule has 1 heteroatoms. The quantitative estimate of drug-likeness (QED) is 0.735. The standard InChI is InChI=1S/C18H17N/c1-3-17(14-7-5-4-6-8-14)15-9-10-18-16(13-15)11-12-19(18)2/h1,4-10,13,17H,11-12H2,2H3. The zero-order chi connectivity index (χ0) is 13.2. The zero-order valence-corrected chi connectivity index (χ0v) is 11.1. The molecule has 0 fully saturated rings. The molecule has 2 aromatic carbocycles. The summed E-state index contributed by atoms with van der Waals surface area (Å²) in [5.41, 5.74) is 5.17. The maximum atomic E-state index is 5.75. The lowest BCUT2D eigenvalue weighted by molar-refractivity contribution is 0.955. The number of fused-ring (bicyclic) bond motifs is 1. The van der Waals surface area contributed by atoms with Gasteiger partial charge in [0.05, 0.1) is 5.92 Å². The molecule has 3 rings (SSSR count). The van der Waals surface area contributed by atoms with Crippen molar-refractivity contribution >= 4 is 5.69 Å². The molecule has 94 valence electrons. The van der Waals surface area contributed by atoms with E-state index in [1.807, 2.05) is 18.2 Å². The van der Waals surface area contributed by atoms with Crippen molar-refractivity contribution in [3.8, 4) is 12.3 Å². The molecule has 19 heavy (non-hydrogen) atoms. The van der Waals surface area contributed by atoms with Gasteiger partial charge in [-0.3, -0.25) is 0 Å². The number of terminal acetylenes is 1. The van der Waals surface area contributed by atoms with Gasteiger partial charge in [0.15, 0.2) is 0 Å². The number of nitrogens with zero attached hydrogens (tertiary/aromatic N) is 1. The van der Waals surface area contributed by atoms with Gasteiger partial charge in [0, 0.05) is 19.3 Å². The highest BCUT2D eigenvalue weighted by Crippen LogP contribution is 2.32. The van der Waals surface area contributed by atoms with Crippen LogP contribution in [0.4, 0.5) is 5.69 Å². The van der Waals surface area contributed by atoms with E-state index in [9.17, 15) is 0 Å². The van der Waals surface area contributed by atoms with Crippen LogP contribution < -0.4 is 4.90 Å². The Bertz CT molecular complexity index is 622. The zero-order valence-electron chi connectivity index (χ0n) is 11.1. The molecule has 0 amide bonds.